The van der Waals surface area contributed by atoms with Crippen molar-refractivity contribution in [3.63, 3.8) is 0 Å². The second-order valence-corrected chi connectivity index (χ2v) is 6.21. The maximum atomic E-state index is 12.3. The van der Waals surface area contributed by atoms with E-state index in [-0.39, 0.29) is 0 Å². The second-order valence-electron chi connectivity index (χ2n) is 2.68. The van der Waals surface area contributed by atoms with Crippen LogP contribution in [0.15, 0.2) is 11.0 Å². The van der Waals surface area contributed by atoms with Gasteiger partial charge in [-0.25, -0.2) is 22.2 Å². The van der Waals surface area contributed by atoms with Gasteiger partial charge in [0, 0.05) is 16.7 Å². The van der Waals surface area contributed by atoms with Crippen molar-refractivity contribution in [3.05, 3.63) is 25.6 Å². The fourth-order valence-corrected chi connectivity index (χ4v) is 3.88. The number of halogens is 4. The fourth-order valence-electron chi connectivity index (χ4n) is 0.981. The van der Waals surface area contributed by atoms with Crippen LogP contribution in [0, 0.1) is 13.8 Å². The average molecular weight is 399 g/mol. The van der Waals surface area contributed by atoms with Crippen molar-refractivity contribution < 1.29 is 22.1 Å². The van der Waals surface area contributed by atoms with Crippen LogP contribution in [0.2, 0.25) is 0 Å². The SMILES string of the molecule is O=[N+]([O-])c1cc(C(F)F)nc(I)c1S(=O)(=O)Cl. The summed E-state index contributed by atoms with van der Waals surface area (Å²) >= 11 is 1.29. The molecule has 0 aliphatic heterocycles. The van der Waals surface area contributed by atoms with Crippen LogP contribution in [0.4, 0.5) is 14.5 Å². The van der Waals surface area contributed by atoms with E-state index in [4.69, 9.17) is 10.7 Å². The number of hydrogen-bond acceptors (Lipinski definition) is 5. The first-order valence-electron chi connectivity index (χ1n) is 3.72. The first-order chi connectivity index (χ1) is 7.64. The maximum absolute atomic E-state index is 12.3. The van der Waals surface area contributed by atoms with Crippen molar-refractivity contribution in [2.45, 2.75) is 11.3 Å². The van der Waals surface area contributed by atoms with Crippen LogP contribution in [-0.2, 0) is 9.05 Å². The molecule has 0 saturated heterocycles. The normalized spacial score (nSPS) is 11.8. The Labute approximate surface area is 112 Å². The van der Waals surface area contributed by atoms with Crippen molar-refractivity contribution in [1.82, 2.24) is 4.98 Å². The van der Waals surface area contributed by atoms with Crippen molar-refractivity contribution in [3.8, 4) is 0 Å². The van der Waals surface area contributed by atoms with E-state index in [0.717, 1.165) is 0 Å². The largest absolute Gasteiger partial charge is 0.294 e. The summed E-state index contributed by atoms with van der Waals surface area (Å²) in [4.78, 5) is 11.9. The molecule has 0 N–H and O–H groups in total. The molecule has 0 bridgehead atoms. The van der Waals surface area contributed by atoms with Crippen molar-refractivity contribution in [2.75, 3.05) is 0 Å². The lowest BCUT2D eigenvalue weighted by Crippen LogP contribution is -2.06. The Morgan fingerprint density at radius 3 is 2.41 bits per heavy atom. The van der Waals surface area contributed by atoms with E-state index in [9.17, 15) is 27.3 Å². The van der Waals surface area contributed by atoms with Gasteiger partial charge in [0.25, 0.3) is 21.2 Å². The van der Waals surface area contributed by atoms with E-state index in [1.165, 1.54) is 22.6 Å². The van der Waals surface area contributed by atoms with Gasteiger partial charge in [0.05, 0.1) is 4.92 Å². The van der Waals surface area contributed by atoms with Crippen LogP contribution >= 0.6 is 33.3 Å². The first kappa shape index (κ1) is 14.4. The van der Waals surface area contributed by atoms with Gasteiger partial charge in [-0.15, -0.1) is 0 Å². The van der Waals surface area contributed by atoms with Crippen molar-refractivity contribution in [1.29, 1.82) is 0 Å². The first-order valence-corrected chi connectivity index (χ1v) is 7.11. The number of pyridine rings is 1. The predicted molar refractivity (Wildman–Crippen MR) is 61.6 cm³/mol. The summed E-state index contributed by atoms with van der Waals surface area (Å²) in [5.74, 6) is 0. The second kappa shape index (κ2) is 4.94. The fraction of sp³-hybridized carbons (Fsp3) is 0.167. The minimum Gasteiger partial charge on any atom is -0.258 e. The highest BCUT2D eigenvalue weighted by Gasteiger charge is 2.30. The van der Waals surface area contributed by atoms with Crippen LogP contribution in [-0.4, -0.2) is 18.3 Å². The summed E-state index contributed by atoms with van der Waals surface area (Å²) in [6, 6.07) is 0.391. The predicted octanol–water partition coefficient (Wildman–Crippen LogP) is 2.46. The summed E-state index contributed by atoms with van der Waals surface area (Å²) in [5, 5.41) is 10.6. The van der Waals surface area contributed by atoms with Gasteiger partial charge in [-0.05, 0) is 22.6 Å². The Hall–Kier alpha value is -0.620. The van der Waals surface area contributed by atoms with E-state index in [1.54, 1.807) is 0 Å². The minimum absolute atomic E-state index is 0.391. The summed E-state index contributed by atoms with van der Waals surface area (Å²) in [5.41, 5.74) is -1.90. The number of nitro groups is 1. The Kier molecular flexibility index (Phi) is 4.19. The molecule has 6 nitrogen and oxygen atoms in total. The zero-order valence-corrected chi connectivity index (χ0v) is 11.3. The molecule has 0 amide bonds. The van der Waals surface area contributed by atoms with Gasteiger partial charge in [-0.3, -0.25) is 10.1 Å². The molecule has 1 rings (SSSR count). The van der Waals surface area contributed by atoms with Crippen LogP contribution in [0.5, 0.6) is 0 Å². The monoisotopic (exact) mass is 398 g/mol. The Balaban J connectivity index is 3.68. The van der Waals surface area contributed by atoms with Crippen LogP contribution in [0.25, 0.3) is 0 Å². The highest BCUT2D eigenvalue weighted by Crippen LogP contribution is 2.33. The molecule has 0 saturated carbocycles. The lowest BCUT2D eigenvalue weighted by molar-refractivity contribution is -0.388. The maximum Gasteiger partial charge on any atom is 0.294 e. The van der Waals surface area contributed by atoms with Crippen molar-refractivity contribution >= 4 is 48.0 Å². The standard InChI is InChI=1S/C6H2ClF2IN2O4S/c7-17(15,16)4-3(12(13)14)1-2(5(8)9)11-6(4)10/h1,5H. The van der Waals surface area contributed by atoms with Crippen LogP contribution < -0.4 is 0 Å². The van der Waals surface area contributed by atoms with Crippen LogP contribution in [0.1, 0.15) is 12.1 Å². The molecule has 0 aliphatic carbocycles. The lowest BCUT2D eigenvalue weighted by atomic mass is 10.3. The van der Waals surface area contributed by atoms with Crippen molar-refractivity contribution in [2.24, 2.45) is 0 Å². The van der Waals surface area contributed by atoms with E-state index >= 15 is 0 Å². The zero-order valence-electron chi connectivity index (χ0n) is 7.60. The molecule has 11 heteroatoms. The third kappa shape index (κ3) is 3.19. The molecule has 0 radical (unpaired) electrons. The summed E-state index contributed by atoms with van der Waals surface area (Å²) in [7, 11) is 0.544. The van der Waals surface area contributed by atoms with Gasteiger partial charge < -0.3 is 0 Å². The molecule has 0 atom stereocenters. The Morgan fingerprint density at radius 1 is 1.53 bits per heavy atom. The Morgan fingerprint density at radius 2 is 2.06 bits per heavy atom. The molecule has 17 heavy (non-hydrogen) atoms. The number of nitrogens with zero attached hydrogens (tertiary/aromatic N) is 2. The summed E-state index contributed by atoms with van der Waals surface area (Å²) < 4.78 is 46.4. The lowest BCUT2D eigenvalue weighted by Gasteiger charge is -2.04. The smallest absolute Gasteiger partial charge is 0.258 e. The van der Waals surface area contributed by atoms with E-state index in [1.807, 2.05) is 0 Å². The minimum atomic E-state index is -4.44. The third-order valence-corrected chi connectivity index (χ3v) is 4.10. The zero-order chi connectivity index (χ0) is 13.4. The Bertz CT molecular complexity index is 580. The molecule has 94 valence electrons. The summed E-state index contributed by atoms with van der Waals surface area (Å²) in [6.45, 7) is 0. The molecule has 0 spiro atoms. The molecule has 1 aromatic heterocycles. The molecular formula is C6H2ClF2IN2O4S. The highest BCUT2D eigenvalue weighted by molar-refractivity contribution is 14.1. The van der Waals surface area contributed by atoms with Gasteiger partial charge in [0.1, 0.15) is 9.39 Å². The molecule has 0 unspecified atom stereocenters. The highest BCUT2D eigenvalue weighted by atomic mass is 127. The quantitative estimate of drug-likeness (QED) is 0.256. The van der Waals surface area contributed by atoms with E-state index < -0.39 is 40.4 Å². The van der Waals surface area contributed by atoms with Gasteiger partial charge in [0.15, 0.2) is 4.90 Å². The number of aromatic nitrogens is 1. The number of hydrogen-bond donors (Lipinski definition) is 0. The molecule has 0 fully saturated rings. The van der Waals surface area contributed by atoms with Gasteiger partial charge in [-0.1, -0.05) is 0 Å². The topological polar surface area (TPSA) is 90.2 Å². The molecule has 0 aliphatic rings. The van der Waals surface area contributed by atoms with Gasteiger partial charge >= 0.3 is 0 Å². The molecule has 0 aromatic carbocycles. The molecular weight excluding hydrogens is 396 g/mol. The molecule has 1 aromatic rings. The van der Waals surface area contributed by atoms with E-state index in [2.05, 4.69) is 4.98 Å². The average Bonchev–Trinajstić information content (AvgIpc) is 2.13. The number of alkyl halides is 2. The van der Waals surface area contributed by atoms with Gasteiger partial charge in [0.2, 0.25) is 0 Å². The summed E-state index contributed by atoms with van der Waals surface area (Å²) in [6.07, 6.45) is -3.05. The van der Waals surface area contributed by atoms with Gasteiger partial charge in [-0.2, -0.15) is 0 Å². The van der Waals surface area contributed by atoms with Crippen LogP contribution in [0.3, 0.4) is 0 Å². The number of rotatable bonds is 3. The van der Waals surface area contributed by atoms with E-state index in [0.29, 0.717) is 6.07 Å². The third-order valence-electron chi connectivity index (χ3n) is 1.60. The molecule has 1 heterocycles.